The van der Waals surface area contributed by atoms with E-state index in [9.17, 15) is 14.4 Å². The van der Waals surface area contributed by atoms with Gasteiger partial charge in [0.15, 0.2) is 0 Å². The van der Waals surface area contributed by atoms with E-state index in [1.807, 2.05) is 49.4 Å². The number of aromatic nitrogens is 3. The fourth-order valence-electron chi connectivity index (χ4n) is 3.48. The fraction of sp³-hybridized carbons (Fsp3) is 0.179. The number of carbonyl (C=O) groups is 3. The zero-order valence-electron chi connectivity index (χ0n) is 20.6. The van der Waals surface area contributed by atoms with Gasteiger partial charge in [-0.3, -0.25) is 24.0 Å². The molecule has 0 atom stereocenters. The molecular weight excluding hydrogens is 470 g/mol. The summed E-state index contributed by atoms with van der Waals surface area (Å²) in [5.41, 5.74) is 2.96. The molecule has 2 heterocycles. The Hall–Kier alpha value is -4.79. The summed E-state index contributed by atoms with van der Waals surface area (Å²) in [5.74, 6) is 0.0636. The van der Waals surface area contributed by atoms with Gasteiger partial charge in [-0.15, -0.1) is 0 Å². The summed E-state index contributed by atoms with van der Waals surface area (Å²) in [7, 11) is 1.62. The highest BCUT2D eigenvalue weighted by Gasteiger charge is 2.15. The lowest BCUT2D eigenvalue weighted by Gasteiger charge is -2.17. The van der Waals surface area contributed by atoms with Crippen LogP contribution in [0.25, 0.3) is 0 Å². The minimum absolute atomic E-state index is 0.0342. The summed E-state index contributed by atoms with van der Waals surface area (Å²) in [5, 5.41) is 6.90. The number of nitrogens with zero attached hydrogens (tertiary/aromatic N) is 4. The lowest BCUT2D eigenvalue weighted by molar-refractivity contribution is -0.119. The van der Waals surface area contributed by atoms with Crippen LogP contribution in [0.15, 0.2) is 85.3 Å². The number of benzene rings is 2. The van der Waals surface area contributed by atoms with Crippen molar-refractivity contribution in [2.45, 2.75) is 19.9 Å². The first-order valence-corrected chi connectivity index (χ1v) is 11.7. The number of ether oxygens (including phenoxy) is 1. The molecule has 0 aliphatic rings. The largest absolute Gasteiger partial charge is 0.493 e. The number of nitrogens with one attached hydrogen (secondary N) is 1. The van der Waals surface area contributed by atoms with Gasteiger partial charge in [-0.1, -0.05) is 48.0 Å². The zero-order chi connectivity index (χ0) is 26.2. The predicted octanol–water partition coefficient (Wildman–Crippen LogP) is 3.89. The quantitative estimate of drug-likeness (QED) is 0.333. The van der Waals surface area contributed by atoms with Crippen LogP contribution in [0.4, 0.5) is 11.4 Å². The number of carbonyl (C=O) groups excluding carboxylic acids is 3. The Morgan fingerprint density at radius 1 is 0.973 bits per heavy atom. The van der Waals surface area contributed by atoms with Crippen molar-refractivity contribution in [1.82, 2.24) is 14.8 Å². The molecule has 37 heavy (non-hydrogen) atoms. The van der Waals surface area contributed by atoms with Gasteiger partial charge in [-0.25, -0.2) is 0 Å². The predicted molar refractivity (Wildman–Crippen MR) is 140 cm³/mol. The molecule has 0 bridgehead atoms. The molecule has 4 aromatic rings. The number of ketones is 1. The normalized spacial score (nSPS) is 10.5. The number of rotatable bonds is 10. The van der Waals surface area contributed by atoms with Gasteiger partial charge in [0.25, 0.3) is 0 Å². The van der Waals surface area contributed by atoms with E-state index in [4.69, 9.17) is 4.74 Å². The van der Waals surface area contributed by atoms with Crippen LogP contribution in [-0.4, -0.2) is 46.0 Å². The van der Waals surface area contributed by atoms with Crippen molar-refractivity contribution >= 4 is 29.0 Å². The van der Waals surface area contributed by atoms with E-state index in [-0.39, 0.29) is 37.2 Å². The number of amides is 2. The van der Waals surface area contributed by atoms with E-state index in [1.54, 1.807) is 37.5 Å². The molecule has 0 spiro atoms. The van der Waals surface area contributed by atoms with Crippen molar-refractivity contribution in [2.24, 2.45) is 0 Å². The molecule has 0 aliphatic carbocycles. The third kappa shape index (κ3) is 6.88. The Morgan fingerprint density at radius 2 is 1.73 bits per heavy atom. The first-order valence-electron chi connectivity index (χ1n) is 11.7. The first kappa shape index (κ1) is 25.3. The molecule has 2 aromatic heterocycles. The Bertz CT molecular complexity index is 1370. The lowest BCUT2D eigenvalue weighted by Crippen LogP contribution is -2.30. The van der Waals surface area contributed by atoms with Gasteiger partial charge in [0.05, 0.1) is 36.8 Å². The van der Waals surface area contributed by atoms with Crippen molar-refractivity contribution < 1.29 is 19.1 Å². The van der Waals surface area contributed by atoms with Gasteiger partial charge < -0.3 is 15.0 Å². The van der Waals surface area contributed by atoms with Crippen LogP contribution in [0.3, 0.4) is 0 Å². The smallest absolute Gasteiger partial charge is 0.248 e. The van der Waals surface area contributed by atoms with Crippen LogP contribution in [0.5, 0.6) is 5.75 Å². The molecule has 9 heteroatoms. The molecule has 0 saturated carbocycles. The van der Waals surface area contributed by atoms with Crippen LogP contribution in [0.2, 0.25) is 0 Å². The van der Waals surface area contributed by atoms with Crippen LogP contribution in [0.1, 0.15) is 28.0 Å². The lowest BCUT2D eigenvalue weighted by atomic mass is 10.1. The highest BCUT2D eigenvalue weighted by Crippen LogP contribution is 2.16. The molecule has 0 fully saturated rings. The second kappa shape index (κ2) is 11.8. The molecule has 1 N–H and O–H groups in total. The number of anilines is 2. The average Bonchev–Trinajstić information content (AvgIpc) is 3.35. The Balaban J connectivity index is 1.27. The van der Waals surface area contributed by atoms with Gasteiger partial charge in [-0.2, -0.15) is 5.10 Å². The number of para-hydroxylation sites is 1. The second-order valence-electron chi connectivity index (χ2n) is 8.44. The summed E-state index contributed by atoms with van der Waals surface area (Å²) >= 11 is 0. The van der Waals surface area contributed by atoms with Gasteiger partial charge in [0, 0.05) is 18.8 Å². The van der Waals surface area contributed by atoms with Crippen LogP contribution >= 0.6 is 0 Å². The Morgan fingerprint density at radius 3 is 2.43 bits per heavy atom. The van der Waals surface area contributed by atoms with Crippen molar-refractivity contribution in [1.29, 1.82) is 0 Å². The molecule has 188 valence electrons. The summed E-state index contributed by atoms with van der Waals surface area (Å²) in [6, 6.07) is 19.8. The van der Waals surface area contributed by atoms with Crippen molar-refractivity contribution in [3.8, 4) is 5.75 Å². The number of hydrogen-bond acceptors (Lipinski definition) is 6. The van der Waals surface area contributed by atoms with Gasteiger partial charge in [-0.05, 0) is 31.2 Å². The highest BCUT2D eigenvalue weighted by atomic mass is 16.5. The number of pyridine rings is 1. The maximum Gasteiger partial charge on any atom is 0.248 e. The molecular formula is C28H27N5O4. The fourth-order valence-corrected chi connectivity index (χ4v) is 3.48. The summed E-state index contributed by atoms with van der Waals surface area (Å²) in [6.45, 7) is 2.17. The van der Waals surface area contributed by atoms with Crippen LogP contribution in [-0.2, 0) is 16.1 Å². The maximum atomic E-state index is 12.8. The SMILES string of the molecule is Cc1ccc(C(=O)c2ccc(N(C)C(=O)Cn3cc(NC(=O)CCOc4ccccc4)cn3)cn2)cc1. The minimum Gasteiger partial charge on any atom is -0.493 e. The molecule has 0 unspecified atom stereocenters. The standard InChI is InChI=1S/C28H27N5O4/c1-20-8-10-21(11-9-20)28(36)25-13-12-23(17-29-25)32(2)27(35)19-33-18-22(16-30-33)31-26(34)14-15-37-24-6-4-3-5-7-24/h3-13,16-18H,14-15,19H2,1-2H3,(H,31,34). The van der Waals surface area contributed by atoms with E-state index < -0.39 is 0 Å². The third-order valence-corrected chi connectivity index (χ3v) is 5.61. The topological polar surface area (TPSA) is 106 Å². The van der Waals surface area contributed by atoms with Crippen LogP contribution in [0, 0.1) is 6.92 Å². The summed E-state index contributed by atoms with van der Waals surface area (Å²) in [6.07, 6.45) is 4.74. The zero-order valence-corrected chi connectivity index (χ0v) is 20.6. The maximum absolute atomic E-state index is 12.8. The monoisotopic (exact) mass is 497 g/mol. The number of likely N-dealkylation sites (N-methyl/N-ethyl adjacent to an activating group) is 1. The molecule has 9 nitrogen and oxygen atoms in total. The first-order chi connectivity index (χ1) is 17.9. The molecule has 2 amide bonds. The van der Waals surface area contributed by atoms with Crippen molar-refractivity contribution in [3.05, 3.63) is 102 Å². The van der Waals surface area contributed by atoms with Gasteiger partial charge in [0.2, 0.25) is 17.6 Å². The highest BCUT2D eigenvalue weighted by molar-refractivity contribution is 6.07. The second-order valence-corrected chi connectivity index (χ2v) is 8.44. The van der Waals surface area contributed by atoms with Gasteiger partial charge >= 0.3 is 0 Å². The van der Waals surface area contributed by atoms with E-state index in [1.165, 1.54) is 22.0 Å². The molecule has 0 saturated heterocycles. The third-order valence-electron chi connectivity index (χ3n) is 5.61. The Kier molecular flexibility index (Phi) is 8.05. The summed E-state index contributed by atoms with van der Waals surface area (Å²) in [4.78, 5) is 43.2. The number of aryl methyl sites for hydroxylation is 1. The average molecular weight is 498 g/mol. The van der Waals surface area contributed by atoms with Crippen molar-refractivity contribution in [2.75, 3.05) is 23.9 Å². The van der Waals surface area contributed by atoms with Gasteiger partial charge in [0.1, 0.15) is 18.0 Å². The van der Waals surface area contributed by atoms with E-state index in [2.05, 4.69) is 15.4 Å². The number of hydrogen-bond donors (Lipinski definition) is 1. The van der Waals surface area contributed by atoms with E-state index in [0.29, 0.717) is 28.4 Å². The summed E-state index contributed by atoms with van der Waals surface area (Å²) < 4.78 is 6.97. The molecule has 4 rings (SSSR count). The van der Waals surface area contributed by atoms with E-state index >= 15 is 0 Å². The molecule has 0 radical (unpaired) electrons. The molecule has 2 aromatic carbocycles. The van der Waals surface area contributed by atoms with E-state index in [0.717, 1.165) is 5.56 Å². The molecule has 0 aliphatic heterocycles. The Labute approximate surface area is 214 Å². The minimum atomic E-state index is -0.239. The van der Waals surface area contributed by atoms with Crippen molar-refractivity contribution in [3.63, 3.8) is 0 Å². The van der Waals surface area contributed by atoms with Crippen LogP contribution < -0.4 is 15.0 Å².